The number of fused-ring (bicyclic) bond motifs is 1. The summed E-state index contributed by atoms with van der Waals surface area (Å²) in [6.07, 6.45) is 0. The molecule has 0 spiro atoms. The van der Waals surface area contributed by atoms with E-state index in [0.29, 0.717) is 0 Å². The van der Waals surface area contributed by atoms with Crippen molar-refractivity contribution in [3.05, 3.63) is 24.3 Å². The van der Waals surface area contributed by atoms with Crippen molar-refractivity contribution in [2.45, 2.75) is 29.5 Å². The highest BCUT2D eigenvalue weighted by molar-refractivity contribution is 8.00. The minimum Gasteiger partial charge on any atom is -0.383 e. The Kier molecular flexibility index (Phi) is 2.45. The molecule has 1 aliphatic rings. The Bertz CT molecular complexity index is 336. The highest BCUT2D eigenvalue weighted by Gasteiger charge is 2.30. The molecule has 0 fully saturated rings. The van der Waals surface area contributed by atoms with Gasteiger partial charge in [-0.15, -0.1) is 11.8 Å². The molecule has 0 radical (unpaired) electrons. The molecule has 0 amide bonds. The minimum atomic E-state index is 0.0968. The summed E-state index contributed by atoms with van der Waals surface area (Å²) < 4.78 is 0.0968. The average molecular weight is 208 g/mol. The second-order valence-electron chi connectivity index (χ2n) is 4.19. The molecule has 1 heterocycles. The minimum absolute atomic E-state index is 0.0968. The number of para-hydroxylation sites is 1. The molecular formula is C11H16N2S. The van der Waals surface area contributed by atoms with Gasteiger partial charge in [-0.1, -0.05) is 12.1 Å². The van der Waals surface area contributed by atoms with Crippen LogP contribution in [0.2, 0.25) is 0 Å². The number of hydrogen-bond acceptors (Lipinski definition) is 3. The first kappa shape index (κ1) is 9.87. The molecule has 3 N–H and O–H groups in total. The summed E-state index contributed by atoms with van der Waals surface area (Å²) in [6, 6.07) is 8.56. The summed E-state index contributed by atoms with van der Waals surface area (Å²) in [4.78, 5) is 1.30. The number of benzene rings is 1. The van der Waals surface area contributed by atoms with Gasteiger partial charge in [-0.25, -0.2) is 0 Å². The van der Waals surface area contributed by atoms with Crippen molar-refractivity contribution >= 4 is 17.4 Å². The second kappa shape index (κ2) is 3.48. The number of nitrogens with two attached hydrogens (primary N) is 1. The Morgan fingerprint density at radius 2 is 2.14 bits per heavy atom. The van der Waals surface area contributed by atoms with Gasteiger partial charge in [0.25, 0.3) is 0 Å². The topological polar surface area (TPSA) is 38.0 Å². The van der Waals surface area contributed by atoms with Crippen LogP contribution in [-0.2, 0) is 0 Å². The molecule has 1 unspecified atom stereocenters. The molecule has 76 valence electrons. The number of anilines is 1. The number of thioether (sulfide) groups is 1. The van der Waals surface area contributed by atoms with Crippen molar-refractivity contribution in [3.63, 3.8) is 0 Å². The van der Waals surface area contributed by atoms with Crippen LogP contribution in [0, 0.1) is 0 Å². The van der Waals surface area contributed by atoms with E-state index in [1.165, 1.54) is 10.6 Å². The van der Waals surface area contributed by atoms with Crippen LogP contribution in [0.15, 0.2) is 29.2 Å². The van der Waals surface area contributed by atoms with E-state index in [2.05, 4.69) is 43.4 Å². The summed E-state index contributed by atoms with van der Waals surface area (Å²) in [7, 11) is 0. The van der Waals surface area contributed by atoms with Gasteiger partial charge in [0.1, 0.15) is 0 Å². The third-order valence-electron chi connectivity index (χ3n) is 2.67. The molecular weight excluding hydrogens is 192 g/mol. The quantitative estimate of drug-likeness (QED) is 0.687. The van der Waals surface area contributed by atoms with E-state index in [-0.39, 0.29) is 10.8 Å². The van der Waals surface area contributed by atoms with Crippen LogP contribution < -0.4 is 11.1 Å². The molecule has 2 rings (SSSR count). The van der Waals surface area contributed by atoms with E-state index in [1.54, 1.807) is 0 Å². The third kappa shape index (κ3) is 1.74. The lowest BCUT2D eigenvalue weighted by Crippen LogP contribution is -2.44. The van der Waals surface area contributed by atoms with Gasteiger partial charge < -0.3 is 11.1 Å². The molecule has 0 bridgehead atoms. The van der Waals surface area contributed by atoms with Crippen LogP contribution in [0.4, 0.5) is 5.69 Å². The predicted molar refractivity (Wildman–Crippen MR) is 62.8 cm³/mol. The molecule has 0 aliphatic carbocycles. The van der Waals surface area contributed by atoms with Crippen LogP contribution in [-0.4, -0.2) is 17.3 Å². The van der Waals surface area contributed by atoms with Crippen LogP contribution in [0.3, 0.4) is 0 Å². The summed E-state index contributed by atoms with van der Waals surface area (Å²) in [6.45, 7) is 5.25. The van der Waals surface area contributed by atoms with Crippen LogP contribution in [0.25, 0.3) is 0 Å². The highest BCUT2D eigenvalue weighted by atomic mass is 32.2. The van der Waals surface area contributed by atoms with Crippen molar-refractivity contribution in [3.8, 4) is 0 Å². The molecule has 1 atom stereocenters. The zero-order valence-electron chi connectivity index (χ0n) is 8.58. The third-order valence-corrected chi connectivity index (χ3v) is 4.07. The summed E-state index contributed by atoms with van der Waals surface area (Å²) in [5, 5.41) is 3.38. The molecule has 0 saturated carbocycles. The van der Waals surface area contributed by atoms with E-state index >= 15 is 0 Å². The van der Waals surface area contributed by atoms with Crippen molar-refractivity contribution in [2.24, 2.45) is 5.73 Å². The van der Waals surface area contributed by atoms with E-state index < -0.39 is 0 Å². The Morgan fingerprint density at radius 1 is 1.43 bits per heavy atom. The van der Waals surface area contributed by atoms with Crippen molar-refractivity contribution in [1.82, 2.24) is 0 Å². The van der Waals surface area contributed by atoms with Gasteiger partial charge in [0.15, 0.2) is 0 Å². The van der Waals surface area contributed by atoms with Gasteiger partial charge in [-0.05, 0) is 26.0 Å². The first-order valence-electron chi connectivity index (χ1n) is 4.87. The van der Waals surface area contributed by atoms with Crippen LogP contribution in [0.1, 0.15) is 13.8 Å². The predicted octanol–water partition coefficient (Wildman–Crippen LogP) is 2.31. The number of rotatable bonds is 0. The van der Waals surface area contributed by atoms with Crippen LogP contribution >= 0.6 is 11.8 Å². The molecule has 1 aromatic rings. The molecule has 0 saturated heterocycles. The standard InChI is InChI=1S/C11H16N2S/c1-11(2)10(12)7-13-8-5-3-4-6-9(8)14-11/h3-6,10,13H,7,12H2,1-2H3. The maximum absolute atomic E-state index is 6.11. The summed E-state index contributed by atoms with van der Waals surface area (Å²) >= 11 is 1.86. The maximum atomic E-state index is 6.11. The van der Waals surface area contributed by atoms with E-state index in [9.17, 15) is 0 Å². The van der Waals surface area contributed by atoms with E-state index in [1.807, 2.05) is 11.8 Å². The fourth-order valence-corrected chi connectivity index (χ4v) is 2.72. The Labute approximate surface area is 89.3 Å². The van der Waals surface area contributed by atoms with Gasteiger partial charge in [-0.3, -0.25) is 0 Å². The lowest BCUT2D eigenvalue weighted by molar-refractivity contribution is 0.561. The normalized spacial score (nSPS) is 24.6. The lowest BCUT2D eigenvalue weighted by atomic mass is 10.0. The fourth-order valence-electron chi connectivity index (χ4n) is 1.53. The SMILES string of the molecule is CC1(C)Sc2ccccc2NCC1N. The maximum Gasteiger partial charge on any atom is 0.0479 e. The van der Waals surface area contributed by atoms with Gasteiger partial charge >= 0.3 is 0 Å². The molecule has 3 heteroatoms. The second-order valence-corrected chi connectivity index (χ2v) is 5.89. The molecule has 14 heavy (non-hydrogen) atoms. The fraction of sp³-hybridized carbons (Fsp3) is 0.455. The molecule has 1 aromatic carbocycles. The molecule has 0 aromatic heterocycles. The van der Waals surface area contributed by atoms with Crippen molar-refractivity contribution < 1.29 is 0 Å². The van der Waals surface area contributed by atoms with Crippen molar-refractivity contribution in [2.75, 3.05) is 11.9 Å². The molecule has 1 aliphatic heterocycles. The average Bonchev–Trinajstić information content (AvgIpc) is 2.25. The first-order valence-corrected chi connectivity index (χ1v) is 5.69. The van der Waals surface area contributed by atoms with E-state index in [0.717, 1.165) is 6.54 Å². The van der Waals surface area contributed by atoms with Gasteiger partial charge in [-0.2, -0.15) is 0 Å². The summed E-state index contributed by atoms with van der Waals surface area (Å²) in [5.74, 6) is 0. The van der Waals surface area contributed by atoms with Gasteiger partial charge in [0.05, 0.1) is 0 Å². The number of hydrogen-bond donors (Lipinski definition) is 2. The zero-order valence-corrected chi connectivity index (χ0v) is 9.40. The highest BCUT2D eigenvalue weighted by Crippen LogP contribution is 2.40. The Balaban J connectivity index is 2.36. The smallest absolute Gasteiger partial charge is 0.0479 e. The van der Waals surface area contributed by atoms with Crippen molar-refractivity contribution in [1.29, 1.82) is 0 Å². The number of nitrogens with one attached hydrogen (secondary N) is 1. The zero-order chi connectivity index (χ0) is 10.2. The van der Waals surface area contributed by atoms with E-state index in [4.69, 9.17) is 5.73 Å². The molecule has 2 nitrogen and oxygen atoms in total. The Morgan fingerprint density at radius 3 is 2.93 bits per heavy atom. The Hall–Kier alpha value is -0.670. The lowest BCUT2D eigenvalue weighted by Gasteiger charge is -2.28. The summed E-state index contributed by atoms with van der Waals surface area (Å²) in [5.41, 5.74) is 7.32. The van der Waals surface area contributed by atoms with Crippen LogP contribution in [0.5, 0.6) is 0 Å². The monoisotopic (exact) mass is 208 g/mol. The van der Waals surface area contributed by atoms with Gasteiger partial charge in [0.2, 0.25) is 0 Å². The first-order chi connectivity index (χ1) is 6.59. The largest absolute Gasteiger partial charge is 0.383 e. The van der Waals surface area contributed by atoms with Gasteiger partial charge in [0, 0.05) is 27.9 Å².